The van der Waals surface area contributed by atoms with Crippen LogP contribution in [0, 0.1) is 5.92 Å². The van der Waals surface area contributed by atoms with E-state index in [1.807, 2.05) is 66.7 Å². The van der Waals surface area contributed by atoms with Gasteiger partial charge in [0, 0.05) is 22.6 Å². The fraction of sp³-hybridized carbons (Fsp3) is 0.250. The minimum absolute atomic E-state index is 0.00953. The van der Waals surface area contributed by atoms with Crippen molar-refractivity contribution in [2.45, 2.75) is 19.4 Å². The summed E-state index contributed by atoms with van der Waals surface area (Å²) in [5.41, 5.74) is 3.77. The summed E-state index contributed by atoms with van der Waals surface area (Å²) in [7, 11) is 1.66. The molecule has 5 heteroatoms. The Morgan fingerprint density at radius 2 is 1.79 bits per heavy atom. The van der Waals surface area contributed by atoms with Crippen molar-refractivity contribution in [3.63, 3.8) is 0 Å². The van der Waals surface area contributed by atoms with Crippen molar-refractivity contribution in [2.75, 3.05) is 25.5 Å². The van der Waals surface area contributed by atoms with Crippen LogP contribution in [0.25, 0.3) is 22.1 Å². The number of benzene rings is 3. The molecule has 1 saturated heterocycles. The Hall–Kier alpha value is -3.57. The normalized spacial score (nSPS) is 14.9. The second-order valence-electron chi connectivity index (χ2n) is 8.57. The zero-order valence-electron chi connectivity index (χ0n) is 18.8. The molecule has 1 N–H and O–H groups in total. The summed E-state index contributed by atoms with van der Waals surface area (Å²) in [6.07, 6.45) is 1.68. The molecule has 168 valence electrons. The third-order valence-electron chi connectivity index (χ3n) is 6.38. The Morgan fingerprint density at radius 3 is 2.61 bits per heavy atom. The Bertz CT molecular complexity index is 1220. The number of hydrogen-bond acceptors (Lipinski definition) is 4. The molecular weight excluding hydrogens is 412 g/mol. The van der Waals surface area contributed by atoms with E-state index in [-0.39, 0.29) is 11.8 Å². The zero-order valence-corrected chi connectivity index (χ0v) is 18.8. The average Bonchev–Trinajstić information content (AvgIpc) is 3.27. The van der Waals surface area contributed by atoms with Gasteiger partial charge in [-0.3, -0.25) is 9.69 Å². The number of para-hydroxylation sites is 2. The number of carbonyl (C=O) groups is 1. The third kappa shape index (κ3) is 4.78. The minimum Gasteiger partial charge on any atom is -0.497 e. The summed E-state index contributed by atoms with van der Waals surface area (Å²) in [6, 6.07) is 26.0. The van der Waals surface area contributed by atoms with E-state index in [4.69, 9.17) is 9.15 Å². The van der Waals surface area contributed by atoms with Crippen molar-refractivity contribution >= 4 is 22.6 Å². The van der Waals surface area contributed by atoms with Crippen LogP contribution >= 0.6 is 0 Å². The predicted molar refractivity (Wildman–Crippen MR) is 131 cm³/mol. The van der Waals surface area contributed by atoms with E-state index in [2.05, 4.69) is 22.3 Å². The lowest BCUT2D eigenvalue weighted by atomic mass is 9.95. The lowest BCUT2D eigenvalue weighted by Gasteiger charge is -2.30. The van der Waals surface area contributed by atoms with Crippen molar-refractivity contribution in [1.29, 1.82) is 0 Å². The van der Waals surface area contributed by atoms with Gasteiger partial charge in [0.05, 0.1) is 13.7 Å². The Kier molecular flexibility index (Phi) is 6.13. The van der Waals surface area contributed by atoms with E-state index in [1.54, 1.807) is 7.11 Å². The molecule has 3 aromatic carbocycles. The molecule has 33 heavy (non-hydrogen) atoms. The van der Waals surface area contributed by atoms with E-state index in [9.17, 15) is 4.79 Å². The second kappa shape index (κ2) is 9.51. The van der Waals surface area contributed by atoms with E-state index in [1.165, 1.54) is 0 Å². The van der Waals surface area contributed by atoms with Gasteiger partial charge in [-0.15, -0.1) is 0 Å². The summed E-state index contributed by atoms with van der Waals surface area (Å²) < 4.78 is 11.3. The van der Waals surface area contributed by atoms with Crippen molar-refractivity contribution < 1.29 is 13.9 Å². The fourth-order valence-corrected chi connectivity index (χ4v) is 4.56. The summed E-state index contributed by atoms with van der Waals surface area (Å²) >= 11 is 0. The number of anilines is 1. The standard InChI is InChI=1S/C28H28N2O3/c1-32-23-9-6-8-21(17-23)25-10-3-4-11-26(25)29-28(31)20-13-15-30(16-14-20)19-24-18-22-7-2-5-12-27(22)33-24/h2-12,17-18,20H,13-16,19H2,1H3,(H,29,31). The molecule has 0 aliphatic carbocycles. The van der Waals surface area contributed by atoms with Gasteiger partial charge in [-0.2, -0.15) is 0 Å². The first kappa shape index (κ1) is 21.3. The number of fused-ring (bicyclic) bond motifs is 1. The number of nitrogens with zero attached hydrogens (tertiary/aromatic N) is 1. The van der Waals surface area contributed by atoms with Crippen LogP contribution in [0.5, 0.6) is 5.75 Å². The molecule has 5 rings (SSSR count). The van der Waals surface area contributed by atoms with Gasteiger partial charge in [-0.25, -0.2) is 0 Å². The predicted octanol–water partition coefficient (Wildman–Crippen LogP) is 5.96. The number of piperidine rings is 1. The highest BCUT2D eigenvalue weighted by molar-refractivity contribution is 5.97. The molecule has 1 amide bonds. The van der Waals surface area contributed by atoms with Crippen LogP contribution < -0.4 is 10.1 Å². The van der Waals surface area contributed by atoms with E-state index >= 15 is 0 Å². The van der Waals surface area contributed by atoms with Gasteiger partial charge in [0.25, 0.3) is 0 Å². The van der Waals surface area contributed by atoms with Crippen molar-refractivity contribution in [1.82, 2.24) is 4.90 Å². The molecule has 0 atom stereocenters. The first-order valence-electron chi connectivity index (χ1n) is 11.4. The van der Waals surface area contributed by atoms with Gasteiger partial charge >= 0.3 is 0 Å². The number of ether oxygens (including phenoxy) is 1. The largest absolute Gasteiger partial charge is 0.497 e. The first-order chi connectivity index (χ1) is 16.2. The molecule has 0 spiro atoms. The molecule has 0 saturated carbocycles. The maximum atomic E-state index is 13.1. The average molecular weight is 441 g/mol. The molecule has 2 heterocycles. The molecule has 1 aromatic heterocycles. The number of hydrogen-bond donors (Lipinski definition) is 1. The highest BCUT2D eigenvalue weighted by Crippen LogP contribution is 2.31. The van der Waals surface area contributed by atoms with Crippen molar-refractivity contribution in [3.05, 3.63) is 84.6 Å². The summed E-state index contributed by atoms with van der Waals surface area (Å²) in [5.74, 6) is 1.88. The fourth-order valence-electron chi connectivity index (χ4n) is 4.56. The van der Waals surface area contributed by atoms with Gasteiger partial charge in [0.2, 0.25) is 5.91 Å². The maximum absolute atomic E-state index is 13.1. The van der Waals surface area contributed by atoms with Crippen LogP contribution in [0.3, 0.4) is 0 Å². The van der Waals surface area contributed by atoms with E-state index in [0.717, 1.165) is 71.8 Å². The van der Waals surface area contributed by atoms with Gasteiger partial charge in [-0.05, 0) is 61.8 Å². The van der Waals surface area contributed by atoms with Crippen molar-refractivity contribution in [2.24, 2.45) is 5.92 Å². The van der Waals surface area contributed by atoms with Gasteiger partial charge in [0.1, 0.15) is 17.1 Å². The monoisotopic (exact) mass is 440 g/mol. The molecule has 0 unspecified atom stereocenters. The highest BCUT2D eigenvalue weighted by atomic mass is 16.5. The van der Waals surface area contributed by atoms with Gasteiger partial charge in [0.15, 0.2) is 0 Å². The summed E-state index contributed by atoms with van der Waals surface area (Å²) in [6.45, 7) is 2.54. The van der Waals surface area contributed by atoms with Gasteiger partial charge < -0.3 is 14.5 Å². The Morgan fingerprint density at radius 1 is 1.00 bits per heavy atom. The number of furan rings is 1. The molecule has 1 aliphatic heterocycles. The Balaban J connectivity index is 1.21. The SMILES string of the molecule is COc1cccc(-c2ccccc2NC(=O)C2CCN(Cc3cc4ccccc4o3)CC2)c1. The van der Waals surface area contributed by atoms with Crippen LogP contribution in [0.4, 0.5) is 5.69 Å². The van der Waals surface area contributed by atoms with Crippen molar-refractivity contribution in [3.8, 4) is 16.9 Å². The van der Waals surface area contributed by atoms with Crippen LogP contribution in [0.15, 0.2) is 83.3 Å². The maximum Gasteiger partial charge on any atom is 0.227 e. The first-order valence-corrected chi connectivity index (χ1v) is 11.4. The lowest BCUT2D eigenvalue weighted by Crippen LogP contribution is -2.37. The van der Waals surface area contributed by atoms with Crippen LogP contribution in [0.2, 0.25) is 0 Å². The lowest BCUT2D eigenvalue weighted by molar-refractivity contribution is -0.121. The summed E-state index contributed by atoms with van der Waals surface area (Å²) in [5, 5.41) is 4.32. The topological polar surface area (TPSA) is 54.7 Å². The molecule has 1 aliphatic rings. The third-order valence-corrected chi connectivity index (χ3v) is 6.38. The quantitative estimate of drug-likeness (QED) is 0.402. The number of nitrogens with one attached hydrogen (secondary N) is 1. The van der Waals surface area contributed by atoms with Gasteiger partial charge in [-0.1, -0.05) is 48.5 Å². The minimum atomic E-state index is 0.00953. The number of carbonyl (C=O) groups excluding carboxylic acids is 1. The van der Waals surface area contributed by atoms with E-state index in [0.29, 0.717) is 0 Å². The second-order valence-corrected chi connectivity index (χ2v) is 8.57. The van der Waals surface area contributed by atoms with E-state index < -0.39 is 0 Å². The number of methoxy groups -OCH3 is 1. The molecule has 0 radical (unpaired) electrons. The molecule has 5 nitrogen and oxygen atoms in total. The summed E-state index contributed by atoms with van der Waals surface area (Å²) in [4.78, 5) is 15.5. The van der Waals surface area contributed by atoms with Crippen LogP contribution in [-0.4, -0.2) is 31.0 Å². The molecule has 0 bridgehead atoms. The zero-order chi connectivity index (χ0) is 22.6. The Labute approximate surface area is 194 Å². The number of amides is 1. The highest BCUT2D eigenvalue weighted by Gasteiger charge is 2.26. The molecule has 1 fully saturated rings. The number of likely N-dealkylation sites (tertiary alicyclic amines) is 1. The number of rotatable bonds is 6. The molecule has 4 aromatic rings. The van der Waals surface area contributed by atoms with Crippen LogP contribution in [0.1, 0.15) is 18.6 Å². The molecular formula is C28H28N2O3. The smallest absolute Gasteiger partial charge is 0.227 e. The van der Waals surface area contributed by atoms with Crippen LogP contribution in [-0.2, 0) is 11.3 Å².